The summed E-state index contributed by atoms with van der Waals surface area (Å²) < 4.78 is 26.1. The Hall–Kier alpha value is -2.20. The van der Waals surface area contributed by atoms with Gasteiger partial charge in [-0.25, -0.2) is 9.07 Å². The zero-order chi connectivity index (χ0) is 24.7. The number of aromatic nitrogens is 3. The van der Waals surface area contributed by atoms with E-state index in [1.165, 1.54) is 10.9 Å². The number of nitrogens with zero attached hydrogens (tertiary/aromatic N) is 3. The summed E-state index contributed by atoms with van der Waals surface area (Å²) in [4.78, 5) is 0. The molecule has 0 aliphatic rings. The van der Waals surface area contributed by atoms with Crippen molar-refractivity contribution in [3.05, 3.63) is 70.0 Å². The van der Waals surface area contributed by atoms with E-state index >= 15 is 0 Å². The van der Waals surface area contributed by atoms with Crippen molar-refractivity contribution in [3.63, 3.8) is 0 Å². The molecule has 0 aliphatic carbocycles. The van der Waals surface area contributed by atoms with Gasteiger partial charge in [-0.05, 0) is 51.3 Å². The van der Waals surface area contributed by atoms with Gasteiger partial charge in [0.25, 0.3) is 0 Å². The molecule has 3 aromatic rings. The minimum Gasteiger partial charge on any atom is -0.491 e. The number of aliphatic hydroxyl groups excluding tert-OH is 2. The first-order valence-corrected chi connectivity index (χ1v) is 12.1. The fourth-order valence-electron chi connectivity index (χ4n) is 3.32. The first-order valence-electron chi connectivity index (χ1n) is 10.8. The molecule has 7 nitrogen and oxygen atoms in total. The van der Waals surface area contributed by atoms with Gasteiger partial charge in [0.05, 0.1) is 23.1 Å². The number of aliphatic hydroxyl groups is 2. The molecule has 10 heteroatoms. The summed E-state index contributed by atoms with van der Waals surface area (Å²) in [5, 5.41) is 27.2. The summed E-state index contributed by atoms with van der Waals surface area (Å²) in [5.74, 6) is 1.38. The smallest absolute Gasteiger partial charge is 0.135 e. The molecule has 1 aromatic heterocycles. The maximum absolute atomic E-state index is 12.6. The Bertz CT molecular complexity index is 1060. The van der Waals surface area contributed by atoms with Crippen molar-refractivity contribution in [2.45, 2.75) is 44.7 Å². The number of hydrogen-bond acceptors (Lipinski definition) is 6. The van der Waals surface area contributed by atoms with Crippen LogP contribution in [0.4, 0.5) is 4.39 Å². The summed E-state index contributed by atoms with van der Waals surface area (Å²) in [6, 6.07) is 13.6. The molecule has 2 N–H and O–H groups in total. The van der Waals surface area contributed by atoms with Crippen molar-refractivity contribution in [3.8, 4) is 11.5 Å². The predicted octanol–water partition coefficient (Wildman–Crippen LogP) is 4.25. The molecule has 0 spiro atoms. The van der Waals surface area contributed by atoms with Gasteiger partial charge in [-0.1, -0.05) is 37.3 Å². The SMILES string of the molecule is CC(C)(c1ccc(OC[C@@H](O)Cn2cc(CF)nn2)cc1)c1ccc(OC[C@@H](O)CCl)c(Br)c1. The summed E-state index contributed by atoms with van der Waals surface area (Å²) in [6.45, 7) is 3.91. The number of rotatable bonds is 12. The third-order valence-corrected chi connectivity index (χ3v) is 6.38. The molecule has 0 aliphatic heterocycles. The van der Waals surface area contributed by atoms with E-state index in [9.17, 15) is 14.6 Å². The molecule has 0 bridgehead atoms. The summed E-state index contributed by atoms with van der Waals surface area (Å²) in [6.07, 6.45) is -0.0717. The van der Waals surface area contributed by atoms with Gasteiger partial charge in [-0.2, -0.15) is 0 Å². The van der Waals surface area contributed by atoms with Crippen LogP contribution in [0, 0.1) is 0 Å². The van der Waals surface area contributed by atoms with Crippen molar-refractivity contribution in [2.24, 2.45) is 0 Å². The van der Waals surface area contributed by atoms with E-state index in [-0.39, 0.29) is 36.7 Å². The van der Waals surface area contributed by atoms with Crippen LogP contribution >= 0.6 is 27.5 Å². The third kappa shape index (κ3) is 6.91. The highest BCUT2D eigenvalue weighted by atomic mass is 79.9. The number of hydrogen-bond donors (Lipinski definition) is 2. The average molecular weight is 557 g/mol. The van der Waals surface area contributed by atoms with Crippen LogP contribution in [-0.2, 0) is 18.6 Å². The minimum atomic E-state index is -0.811. The standard InChI is InChI=1S/C24H28BrClFN3O4/c1-24(2,17-5-8-23(22(25)9-17)34-14-19(31)10-26)16-3-6-21(7-4-16)33-15-20(32)13-30-12-18(11-27)28-29-30/h3-9,12,19-20,31-32H,10-11,13-15H2,1-2H3/t19-,20-/m0/s1. The van der Waals surface area contributed by atoms with E-state index in [1.807, 2.05) is 42.5 Å². The molecule has 0 fully saturated rings. The van der Waals surface area contributed by atoms with Crippen LogP contribution in [0.2, 0.25) is 0 Å². The lowest BCUT2D eigenvalue weighted by Gasteiger charge is -2.27. The van der Waals surface area contributed by atoms with Crippen LogP contribution in [0.3, 0.4) is 0 Å². The highest BCUT2D eigenvalue weighted by Crippen LogP contribution is 2.36. The quantitative estimate of drug-likeness (QED) is 0.324. The molecule has 3 rings (SSSR count). The molecule has 2 atom stereocenters. The Balaban J connectivity index is 1.59. The number of ether oxygens (including phenoxy) is 2. The number of halogens is 3. The molecule has 0 saturated heterocycles. The summed E-state index contributed by atoms with van der Waals surface area (Å²) >= 11 is 9.16. The Morgan fingerprint density at radius 1 is 1.06 bits per heavy atom. The molecule has 2 aromatic carbocycles. The summed E-state index contributed by atoms with van der Waals surface area (Å²) in [5.41, 5.74) is 2.09. The Morgan fingerprint density at radius 2 is 1.74 bits per heavy atom. The molecule has 0 radical (unpaired) electrons. The van der Waals surface area contributed by atoms with Crippen LogP contribution < -0.4 is 9.47 Å². The summed E-state index contributed by atoms with van der Waals surface area (Å²) in [7, 11) is 0. The van der Waals surface area contributed by atoms with Gasteiger partial charge in [-0.15, -0.1) is 16.7 Å². The second-order valence-corrected chi connectivity index (χ2v) is 9.61. The van der Waals surface area contributed by atoms with Gasteiger partial charge in [0.2, 0.25) is 0 Å². The monoisotopic (exact) mass is 555 g/mol. The van der Waals surface area contributed by atoms with Crippen molar-refractivity contribution < 1.29 is 24.1 Å². The van der Waals surface area contributed by atoms with Crippen LogP contribution in [-0.4, -0.2) is 56.5 Å². The maximum atomic E-state index is 12.6. The zero-order valence-corrected chi connectivity index (χ0v) is 21.3. The zero-order valence-electron chi connectivity index (χ0n) is 19.0. The lowest BCUT2D eigenvalue weighted by atomic mass is 9.78. The normalized spacial score (nSPS) is 13.5. The van der Waals surface area contributed by atoms with Crippen molar-refractivity contribution in [2.75, 3.05) is 19.1 Å². The first kappa shape index (κ1) is 26.4. The molecular formula is C24H28BrClFN3O4. The molecular weight excluding hydrogens is 529 g/mol. The van der Waals surface area contributed by atoms with E-state index in [0.29, 0.717) is 11.5 Å². The topological polar surface area (TPSA) is 89.6 Å². The Labute approximate surface area is 211 Å². The van der Waals surface area contributed by atoms with E-state index in [0.717, 1.165) is 15.6 Å². The molecule has 0 amide bonds. The second-order valence-electron chi connectivity index (χ2n) is 8.44. The van der Waals surface area contributed by atoms with Gasteiger partial charge in [0.1, 0.15) is 49.3 Å². The van der Waals surface area contributed by atoms with Gasteiger partial charge >= 0.3 is 0 Å². The van der Waals surface area contributed by atoms with E-state index in [2.05, 4.69) is 40.1 Å². The molecule has 184 valence electrons. The fourth-order valence-corrected chi connectivity index (χ4v) is 3.90. The highest BCUT2D eigenvalue weighted by Gasteiger charge is 2.24. The highest BCUT2D eigenvalue weighted by molar-refractivity contribution is 9.10. The van der Waals surface area contributed by atoms with E-state index in [4.69, 9.17) is 21.1 Å². The van der Waals surface area contributed by atoms with Crippen molar-refractivity contribution in [1.29, 1.82) is 0 Å². The van der Waals surface area contributed by atoms with E-state index in [1.54, 1.807) is 0 Å². The lowest BCUT2D eigenvalue weighted by molar-refractivity contribution is 0.0888. The Kier molecular flexibility index (Phi) is 9.30. The average Bonchev–Trinajstić information content (AvgIpc) is 3.29. The fraction of sp³-hybridized carbons (Fsp3) is 0.417. The third-order valence-electron chi connectivity index (χ3n) is 5.40. The van der Waals surface area contributed by atoms with Gasteiger partial charge in [-0.3, -0.25) is 0 Å². The van der Waals surface area contributed by atoms with Crippen LogP contribution in [0.25, 0.3) is 0 Å². The van der Waals surface area contributed by atoms with Gasteiger partial charge in [0, 0.05) is 5.41 Å². The van der Waals surface area contributed by atoms with Crippen LogP contribution in [0.1, 0.15) is 30.7 Å². The van der Waals surface area contributed by atoms with E-state index < -0.39 is 18.9 Å². The molecule has 0 saturated carbocycles. The predicted molar refractivity (Wildman–Crippen MR) is 131 cm³/mol. The second kappa shape index (κ2) is 12.0. The lowest BCUT2D eigenvalue weighted by Crippen LogP contribution is -2.24. The maximum Gasteiger partial charge on any atom is 0.135 e. The Morgan fingerprint density at radius 3 is 2.35 bits per heavy atom. The van der Waals surface area contributed by atoms with Crippen molar-refractivity contribution in [1.82, 2.24) is 15.0 Å². The van der Waals surface area contributed by atoms with Crippen LogP contribution in [0.5, 0.6) is 11.5 Å². The molecule has 0 unspecified atom stereocenters. The van der Waals surface area contributed by atoms with Gasteiger partial charge < -0.3 is 19.7 Å². The van der Waals surface area contributed by atoms with Crippen LogP contribution in [0.15, 0.2) is 53.1 Å². The molecule has 34 heavy (non-hydrogen) atoms. The first-order chi connectivity index (χ1) is 16.2. The van der Waals surface area contributed by atoms with Crippen molar-refractivity contribution >= 4 is 27.5 Å². The van der Waals surface area contributed by atoms with Gasteiger partial charge in [0.15, 0.2) is 0 Å². The minimum absolute atomic E-state index is 0.0698. The largest absolute Gasteiger partial charge is 0.491 e. The number of alkyl halides is 2. The molecule has 1 heterocycles. The number of benzene rings is 2.